The zero-order valence-corrected chi connectivity index (χ0v) is 27.1. The molecule has 226 valence electrons. The molecule has 0 bridgehead atoms. The van der Waals surface area contributed by atoms with Crippen molar-refractivity contribution in [2.24, 2.45) is 5.41 Å². The van der Waals surface area contributed by atoms with Crippen LogP contribution in [0.1, 0.15) is 83.0 Å². The molecule has 0 radical (unpaired) electrons. The summed E-state index contributed by atoms with van der Waals surface area (Å²) in [7, 11) is 0. The molecule has 0 spiro atoms. The molecular formula is C35H45ClN2O4. The number of piperidine rings is 1. The summed E-state index contributed by atoms with van der Waals surface area (Å²) in [6.07, 6.45) is 1.20. The zero-order chi connectivity index (χ0) is 30.7. The molecule has 1 saturated heterocycles. The average molecular weight is 593 g/mol. The lowest BCUT2D eigenvalue weighted by molar-refractivity contribution is -0.166. The molecule has 0 aliphatic carbocycles. The van der Waals surface area contributed by atoms with Gasteiger partial charge in [-0.15, -0.1) is 0 Å². The van der Waals surface area contributed by atoms with Crippen LogP contribution in [0.4, 0.5) is 5.69 Å². The predicted octanol–water partition coefficient (Wildman–Crippen LogP) is 8.64. The molecular weight excluding hydrogens is 548 g/mol. The molecule has 6 nitrogen and oxygen atoms in total. The Morgan fingerprint density at radius 1 is 1.00 bits per heavy atom. The lowest BCUT2D eigenvalue weighted by atomic mass is 9.82. The van der Waals surface area contributed by atoms with Gasteiger partial charge in [0.25, 0.3) is 0 Å². The van der Waals surface area contributed by atoms with Gasteiger partial charge in [0.1, 0.15) is 12.4 Å². The number of hydrogen-bond donors (Lipinski definition) is 0. The van der Waals surface area contributed by atoms with Crippen molar-refractivity contribution in [1.29, 1.82) is 0 Å². The minimum atomic E-state index is -0.899. The van der Waals surface area contributed by atoms with Crippen molar-refractivity contribution in [3.05, 3.63) is 76.1 Å². The first-order valence-corrected chi connectivity index (χ1v) is 15.2. The number of carbonyl (C=O) groups is 1. The normalized spacial score (nSPS) is 15.8. The number of rotatable bonds is 9. The zero-order valence-electron chi connectivity index (χ0n) is 26.3. The fourth-order valence-electron chi connectivity index (χ4n) is 5.43. The number of halogens is 1. The van der Waals surface area contributed by atoms with Crippen molar-refractivity contribution >= 4 is 23.3 Å². The molecule has 0 N–H and O–H groups in total. The number of ether oxygens (including phenoxy) is 3. The van der Waals surface area contributed by atoms with E-state index < -0.39 is 17.7 Å². The van der Waals surface area contributed by atoms with Gasteiger partial charge in [-0.05, 0) is 95.2 Å². The summed E-state index contributed by atoms with van der Waals surface area (Å²) in [4.78, 5) is 20.9. The maximum Gasteiger partial charge on any atom is 0.340 e. The Morgan fingerprint density at radius 2 is 1.62 bits per heavy atom. The number of pyridine rings is 1. The number of aryl methyl sites for hydroxylation is 2. The summed E-state index contributed by atoms with van der Waals surface area (Å²) >= 11 is 6.02. The van der Waals surface area contributed by atoms with E-state index in [1.165, 1.54) is 0 Å². The smallest absolute Gasteiger partial charge is 0.340 e. The van der Waals surface area contributed by atoms with Gasteiger partial charge in [-0.25, -0.2) is 4.79 Å². The molecule has 2 heterocycles. The Hall–Kier alpha value is -3.09. The average Bonchev–Trinajstić information content (AvgIpc) is 2.91. The maximum absolute atomic E-state index is 13.5. The van der Waals surface area contributed by atoms with Crippen LogP contribution in [0.25, 0.3) is 11.1 Å². The van der Waals surface area contributed by atoms with E-state index in [4.69, 9.17) is 30.8 Å². The number of esters is 1. The topological polar surface area (TPSA) is 60.9 Å². The maximum atomic E-state index is 13.5. The number of nitrogens with zero attached hydrogens (tertiary/aromatic N) is 2. The Bertz CT molecular complexity index is 1370. The Balaban J connectivity index is 1.80. The molecule has 0 unspecified atom stereocenters. The molecule has 1 aliphatic heterocycles. The molecule has 7 heteroatoms. The first-order chi connectivity index (χ1) is 19.8. The SMILES string of the molecule is CCOC(=O)[C@@H](OC(C)(C)C)c1c(C)nc(C)c(-c2ccc(OCc3ccc(Cl)cc3)cc2)c1N1CCC(C)(C)CC1. The van der Waals surface area contributed by atoms with Crippen LogP contribution in [-0.4, -0.2) is 36.3 Å². The van der Waals surface area contributed by atoms with E-state index in [1.54, 1.807) is 0 Å². The molecule has 3 aromatic rings. The summed E-state index contributed by atoms with van der Waals surface area (Å²) in [6.45, 7) is 18.8. The molecule has 0 saturated carbocycles. The van der Waals surface area contributed by atoms with E-state index in [-0.39, 0.29) is 12.0 Å². The van der Waals surface area contributed by atoms with Gasteiger partial charge in [0, 0.05) is 40.6 Å². The van der Waals surface area contributed by atoms with Gasteiger partial charge < -0.3 is 19.1 Å². The monoisotopic (exact) mass is 592 g/mol. The van der Waals surface area contributed by atoms with Gasteiger partial charge in [0.2, 0.25) is 0 Å². The second kappa shape index (κ2) is 13.0. The highest BCUT2D eigenvalue weighted by molar-refractivity contribution is 6.30. The lowest BCUT2D eigenvalue weighted by Crippen LogP contribution is -2.39. The summed E-state index contributed by atoms with van der Waals surface area (Å²) < 4.78 is 18.1. The fraction of sp³-hybridized carbons (Fsp3) is 0.486. The van der Waals surface area contributed by atoms with Crippen molar-refractivity contribution in [3.63, 3.8) is 0 Å². The standard InChI is InChI=1S/C35H45ClN2O4/c1-9-40-33(39)32(42-34(4,5)6)30-24(3)37-23(2)29(31(30)38-20-18-35(7,8)19-21-38)26-12-16-28(17-13-26)41-22-25-10-14-27(36)15-11-25/h10-17,32H,9,18-22H2,1-8H3/t32-/m0/s1. The van der Waals surface area contributed by atoms with Crippen molar-refractivity contribution in [2.45, 2.75) is 86.5 Å². The molecule has 4 rings (SSSR count). The predicted molar refractivity (Wildman–Crippen MR) is 170 cm³/mol. The van der Waals surface area contributed by atoms with Crippen molar-refractivity contribution < 1.29 is 19.0 Å². The van der Waals surface area contributed by atoms with Crippen LogP contribution in [0.15, 0.2) is 48.5 Å². The van der Waals surface area contributed by atoms with Gasteiger partial charge in [-0.2, -0.15) is 0 Å². The number of benzene rings is 2. The van der Waals surface area contributed by atoms with Crippen LogP contribution in [0, 0.1) is 19.3 Å². The first-order valence-electron chi connectivity index (χ1n) is 14.9. The fourth-order valence-corrected chi connectivity index (χ4v) is 5.56. The van der Waals surface area contributed by atoms with E-state index in [0.29, 0.717) is 11.6 Å². The van der Waals surface area contributed by atoms with Crippen LogP contribution in [0.2, 0.25) is 5.02 Å². The van der Waals surface area contributed by atoms with Crippen molar-refractivity contribution in [1.82, 2.24) is 4.98 Å². The van der Waals surface area contributed by atoms with Crippen LogP contribution in [0.5, 0.6) is 5.75 Å². The van der Waals surface area contributed by atoms with E-state index in [1.807, 2.05) is 77.9 Å². The summed E-state index contributed by atoms with van der Waals surface area (Å²) in [5, 5.41) is 0.704. The summed E-state index contributed by atoms with van der Waals surface area (Å²) in [6, 6.07) is 15.8. The molecule has 42 heavy (non-hydrogen) atoms. The highest BCUT2D eigenvalue weighted by Crippen LogP contribution is 2.45. The van der Waals surface area contributed by atoms with Crippen molar-refractivity contribution in [2.75, 3.05) is 24.6 Å². The highest BCUT2D eigenvalue weighted by Gasteiger charge is 2.37. The minimum Gasteiger partial charge on any atom is -0.489 e. The van der Waals surface area contributed by atoms with Crippen LogP contribution < -0.4 is 9.64 Å². The van der Waals surface area contributed by atoms with Gasteiger partial charge in [0.05, 0.1) is 17.9 Å². The Labute approximate surface area is 256 Å². The number of carbonyl (C=O) groups excluding carboxylic acids is 1. The molecule has 1 aliphatic rings. The van der Waals surface area contributed by atoms with Crippen LogP contribution in [0.3, 0.4) is 0 Å². The van der Waals surface area contributed by atoms with Gasteiger partial charge in [-0.1, -0.05) is 49.7 Å². The molecule has 1 aromatic heterocycles. The Morgan fingerprint density at radius 3 is 2.19 bits per heavy atom. The third-order valence-corrected chi connectivity index (χ3v) is 7.96. The highest BCUT2D eigenvalue weighted by atomic mass is 35.5. The second-order valence-corrected chi connectivity index (χ2v) is 13.3. The number of hydrogen-bond acceptors (Lipinski definition) is 6. The van der Waals surface area contributed by atoms with Crippen molar-refractivity contribution in [3.8, 4) is 16.9 Å². The molecule has 0 amide bonds. The summed E-state index contributed by atoms with van der Waals surface area (Å²) in [5.74, 6) is 0.380. The molecule has 1 fully saturated rings. The van der Waals surface area contributed by atoms with Gasteiger partial charge >= 0.3 is 5.97 Å². The van der Waals surface area contributed by atoms with Gasteiger partial charge in [0.15, 0.2) is 6.10 Å². The van der Waals surface area contributed by atoms with Crippen LogP contribution >= 0.6 is 11.6 Å². The molecule has 2 aromatic carbocycles. The minimum absolute atomic E-state index is 0.263. The Kier molecular flexibility index (Phi) is 9.89. The van der Waals surface area contributed by atoms with E-state index in [0.717, 1.165) is 71.0 Å². The largest absolute Gasteiger partial charge is 0.489 e. The van der Waals surface area contributed by atoms with E-state index >= 15 is 0 Å². The van der Waals surface area contributed by atoms with Gasteiger partial charge in [-0.3, -0.25) is 4.98 Å². The van der Waals surface area contributed by atoms with E-state index in [9.17, 15) is 4.79 Å². The van der Waals surface area contributed by atoms with E-state index in [2.05, 4.69) is 30.9 Å². The second-order valence-electron chi connectivity index (χ2n) is 12.9. The summed E-state index contributed by atoms with van der Waals surface area (Å²) in [5.41, 5.74) is 6.24. The quantitative estimate of drug-likeness (QED) is 0.232. The third kappa shape index (κ3) is 7.84. The number of anilines is 1. The third-order valence-electron chi connectivity index (χ3n) is 7.71. The lowest BCUT2D eigenvalue weighted by Gasteiger charge is -2.41. The van der Waals surface area contributed by atoms with Crippen LogP contribution in [-0.2, 0) is 20.9 Å². The number of aromatic nitrogens is 1. The first kappa shape index (κ1) is 31.8. The molecule has 1 atom stereocenters.